The summed E-state index contributed by atoms with van der Waals surface area (Å²) in [6, 6.07) is 20.4. The minimum atomic E-state index is -0.393. The van der Waals surface area contributed by atoms with E-state index in [1.54, 1.807) is 31.4 Å². The van der Waals surface area contributed by atoms with Gasteiger partial charge in [0, 0.05) is 25.5 Å². The number of hydrogen-bond acceptors (Lipinski definition) is 5. The molecule has 6 heteroatoms. The van der Waals surface area contributed by atoms with Crippen molar-refractivity contribution >= 4 is 34.4 Å². The van der Waals surface area contributed by atoms with Gasteiger partial charge in [0.15, 0.2) is 0 Å². The molecule has 1 aliphatic rings. The predicted octanol–water partition coefficient (Wildman–Crippen LogP) is 4.77. The lowest BCUT2D eigenvalue weighted by molar-refractivity contribution is -0.120. The number of imide groups is 1. The molecule has 1 heterocycles. The Balaban J connectivity index is 1.78. The highest BCUT2D eigenvalue weighted by Gasteiger charge is 2.40. The van der Waals surface area contributed by atoms with Crippen LogP contribution in [0.1, 0.15) is 16.7 Å². The van der Waals surface area contributed by atoms with E-state index in [4.69, 9.17) is 4.74 Å². The van der Waals surface area contributed by atoms with Crippen LogP contribution >= 0.6 is 0 Å². The first-order valence-corrected chi connectivity index (χ1v) is 10.7. The lowest BCUT2D eigenvalue weighted by Gasteiger charge is -2.16. The first-order chi connectivity index (χ1) is 15.8. The summed E-state index contributed by atoms with van der Waals surface area (Å²) in [5.41, 5.74) is 5.76. The fourth-order valence-electron chi connectivity index (χ4n) is 3.76. The maximum Gasteiger partial charge on any atom is 0.282 e. The number of amides is 2. The van der Waals surface area contributed by atoms with Gasteiger partial charge in [0.2, 0.25) is 0 Å². The monoisotopic (exact) mass is 441 g/mol. The van der Waals surface area contributed by atoms with E-state index in [-0.39, 0.29) is 11.6 Å². The lowest BCUT2D eigenvalue weighted by Crippen LogP contribution is -2.32. The molecule has 0 bridgehead atoms. The summed E-state index contributed by atoms with van der Waals surface area (Å²) in [6.45, 7) is 4.01. The van der Waals surface area contributed by atoms with Crippen molar-refractivity contribution < 1.29 is 14.3 Å². The molecular weight excluding hydrogens is 414 g/mol. The number of hydrogen-bond donors (Lipinski definition) is 1. The molecule has 6 nitrogen and oxygen atoms in total. The minimum absolute atomic E-state index is 0.261. The molecule has 1 N–H and O–H groups in total. The zero-order valence-corrected chi connectivity index (χ0v) is 19.5. The van der Waals surface area contributed by atoms with Crippen LogP contribution in [0.5, 0.6) is 5.75 Å². The summed E-state index contributed by atoms with van der Waals surface area (Å²) in [6.07, 6.45) is 0. The van der Waals surface area contributed by atoms with Crippen LogP contribution in [0, 0.1) is 13.8 Å². The van der Waals surface area contributed by atoms with Crippen molar-refractivity contribution in [1.82, 2.24) is 0 Å². The fraction of sp³-hybridized carbons (Fsp3) is 0.185. The van der Waals surface area contributed by atoms with Crippen LogP contribution in [0.3, 0.4) is 0 Å². The van der Waals surface area contributed by atoms with Crippen molar-refractivity contribution in [2.75, 3.05) is 36.3 Å². The van der Waals surface area contributed by atoms with Gasteiger partial charge in [-0.2, -0.15) is 0 Å². The first kappa shape index (κ1) is 22.1. The van der Waals surface area contributed by atoms with E-state index in [2.05, 4.69) is 5.32 Å². The summed E-state index contributed by atoms with van der Waals surface area (Å²) >= 11 is 0. The Morgan fingerprint density at radius 1 is 0.818 bits per heavy atom. The second-order valence-corrected chi connectivity index (χ2v) is 8.26. The largest absolute Gasteiger partial charge is 0.497 e. The Kier molecular flexibility index (Phi) is 5.92. The molecule has 1 aliphatic heterocycles. The number of nitrogens with zero attached hydrogens (tertiary/aromatic N) is 2. The standard InChI is InChI=1S/C27H27N3O3/c1-17-6-7-19(16-18(17)2)24-25(28-20-8-10-21(11-9-20)29(3)4)27(32)30(26(24)31)22-12-14-23(33-5)15-13-22/h6-16,28H,1-5H3. The van der Waals surface area contributed by atoms with Crippen molar-refractivity contribution in [2.45, 2.75) is 13.8 Å². The molecule has 0 spiro atoms. The Morgan fingerprint density at radius 3 is 2.06 bits per heavy atom. The van der Waals surface area contributed by atoms with Gasteiger partial charge in [0.1, 0.15) is 11.4 Å². The molecule has 0 atom stereocenters. The second kappa shape index (κ2) is 8.82. The van der Waals surface area contributed by atoms with Gasteiger partial charge in [0.05, 0.1) is 18.4 Å². The van der Waals surface area contributed by atoms with E-state index in [0.717, 1.165) is 22.5 Å². The van der Waals surface area contributed by atoms with Crippen molar-refractivity contribution in [1.29, 1.82) is 0 Å². The third-order valence-electron chi connectivity index (χ3n) is 5.86. The number of rotatable bonds is 6. The van der Waals surface area contributed by atoms with E-state index >= 15 is 0 Å². The molecule has 0 aliphatic carbocycles. The number of ether oxygens (including phenoxy) is 1. The zero-order valence-electron chi connectivity index (χ0n) is 19.5. The molecule has 3 aromatic carbocycles. The van der Waals surface area contributed by atoms with Crippen LogP contribution < -0.4 is 19.9 Å². The molecule has 33 heavy (non-hydrogen) atoms. The van der Waals surface area contributed by atoms with Crippen molar-refractivity contribution in [3.8, 4) is 5.75 Å². The highest BCUT2D eigenvalue weighted by atomic mass is 16.5. The average molecular weight is 442 g/mol. The summed E-state index contributed by atoms with van der Waals surface area (Å²) in [4.78, 5) is 30.3. The molecule has 0 aromatic heterocycles. The minimum Gasteiger partial charge on any atom is -0.497 e. The third kappa shape index (κ3) is 4.20. The molecule has 0 saturated heterocycles. The quantitative estimate of drug-likeness (QED) is 0.558. The molecule has 168 valence electrons. The number of anilines is 3. The molecule has 2 amide bonds. The number of aryl methyl sites for hydroxylation is 2. The highest BCUT2D eigenvalue weighted by Crippen LogP contribution is 2.35. The Bertz CT molecular complexity index is 1240. The molecule has 0 saturated carbocycles. The summed E-state index contributed by atoms with van der Waals surface area (Å²) < 4.78 is 5.21. The van der Waals surface area contributed by atoms with Gasteiger partial charge in [0.25, 0.3) is 11.8 Å². The van der Waals surface area contributed by atoms with Crippen molar-refractivity contribution in [3.05, 3.63) is 89.1 Å². The van der Waals surface area contributed by atoms with Crippen LogP contribution in [-0.2, 0) is 9.59 Å². The molecule has 0 fully saturated rings. The normalized spacial score (nSPS) is 13.5. The van der Waals surface area contributed by atoms with Gasteiger partial charge < -0.3 is 15.0 Å². The van der Waals surface area contributed by atoms with Gasteiger partial charge in [-0.3, -0.25) is 9.59 Å². The molecular formula is C27H27N3O3. The first-order valence-electron chi connectivity index (χ1n) is 10.7. The SMILES string of the molecule is COc1ccc(N2C(=O)C(Nc3ccc(N(C)C)cc3)=C(c3ccc(C)c(C)c3)C2=O)cc1. The van der Waals surface area contributed by atoms with Gasteiger partial charge >= 0.3 is 0 Å². The average Bonchev–Trinajstić information content (AvgIpc) is 3.05. The smallest absolute Gasteiger partial charge is 0.282 e. The zero-order chi connectivity index (χ0) is 23.7. The van der Waals surface area contributed by atoms with Gasteiger partial charge in [-0.05, 0) is 79.1 Å². The Hall–Kier alpha value is -4.06. The van der Waals surface area contributed by atoms with Crippen LogP contribution in [0.4, 0.5) is 17.1 Å². The Morgan fingerprint density at radius 2 is 1.48 bits per heavy atom. The van der Waals surface area contributed by atoms with Crippen LogP contribution in [0.15, 0.2) is 72.4 Å². The number of benzene rings is 3. The van der Waals surface area contributed by atoms with Gasteiger partial charge in [-0.1, -0.05) is 18.2 Å². The number of nitrogens with one attached hydrogen (secondary N) is 1. The number of carbonyl (C=O) groups is 2. The van der Waals surface area contributed by atoms with Gasteiger partial charge in [-0.15, -0.1) is 0 Å². The van der Waals surface area contributed by atoms with E-state index in [0.29, 0.717) is 22.6 Å². The van der Waals surface area contributed by atoms with Crippen molar-refractivity contribution in [2.24, 2.45) is 0 Å². The lowest BCUT2D eigenvalue weighted by atomic mass is 9.99. The molecule has 4 rings (SSSR count). The summed E-state index contributed by atoms with van der Waals surface area (Å²) in [5.74, 6) is -0.101. The maximum atomic E-state index is 13.6. The van der Waals surface area contributed by atoms with E-state index < -0.39 is 5.91 Å². The Labute approximate surface area is 194 Å². The highest BCUT2D eigenvalue weighted by molar-refractivity contribution is 6.46. The van der Waals surface area contributed by atoms with Crippen LogP contribution in [0.2, 0.25) is 0 Å². The topological polar surface area (TPSA) is 61.9 Å². The van der Waals surface area contributed by atoms with Crippen molar-refractivity contribution in [3.63, 3.8) is 0 Å². The van der Waals surface area contributed by atoms with Gasteiger partial charge in [-0.25, -0.2) is 4.90 Å². The molecule has 0 unspecified atom stereocenters. The molecule has 0 radical (unpaired) electrons. The summed E-state index contributed by atoms with van der Waals surface area (Å²) in [7, 11) is 5.51. The van der Waals surface area contributed by atoms with E-state index in [1.165, 1.54) is 4.90 Å². The molecule has 3 aromatic rings. The number of methoxy groups -OCH3 is 1. The third-order valence-corrected chi connectivity index (χ3v) is 5.86. The fourth-order valence-corrected chi connectivity index (χ4v) is 3.76. The summed E-state index contributed by atoms with van der Waals surface area (Å²) in [5, 5.41) is 3.22. The number of carbonyl (C=O) groups excluding carboxylic acids is 2. The maximum absolute atomic E-state index is 13.6. The van der Waals surface area contributed by atoms with E-state index in [1.807, 2.05) is 75.3 Å². The second-order valence-electron chi connectivity index (χ2n) is 8.26. The predicted molar refractivity (Wildman–Crippen MR) is 133 cm³/mol. The van der Waals surface area contributed by atoms with Crippen LogP contribution in [-0.4, -0.2) is 33.0 Å². The van der Waals surface area contributed by atoms with Crippen LogP contribution in [0.25, 0.3) is 5.57 Å². The van der Waals surface area contributed by atoms with E-state index in [9.17, 15) is 9.59 Å².